The van der Waals surface area contributed by atoms with Crippen molar-refractivity contribution in [2.24, 2.45) is 5.92 Å². The molecule has 0 amide bonds. The van der Waals surface area contributed by atoms with Gasteiger partial charge in [-0.25, -0.2) is 0 Å². The average Bonchev–Trinajstić information content (AvgIpc) is 2.87. The van der Waals surface area contributed by atoms with Crippen LogP contribution in [0.3, 0.4) is 0 Å². The first-order chi connectivity index (χ1) is 17.2. The predicted octanol–water partition coefficient (Wildman–Crippen LogP) is 9.24. The van der Waals surface area contributed by atoms with Crippen molar-refractivity contribution in [1.29, 1.82) is 5.26 Å². The van der Waals surface area contributed by atoms with E-state index in [9.17, 15) is 5.26 Å². The maximum absolute atomic E-state index is 9.26. The molecule has 1 heterocycles. The van der Waals surface area contributed by atoms with Crippen LogP contribution >= 0.6 is 11.6 Å². The van der Waals surface area contributed by atoms with Gasteiger partial charge in [0.2, 0.25) is 0 Å². The highest BCUT2D eigenvalue weighted by atomic mass is 35.5. The molecule has 0 saturated heterocycles. The van der Waals surface area contributed by atoms with Crippen LogP contribution in [0.5, 0.6) is 0 Å². The van der Waals surface area contributed by atoms with Crippen LogP contribution in [0.1, 0.15) is 95.7 Å². The topological polar surface area (TPSA) is 73.6 Å². The molecular weight excluding hydrogens is 466 g/mol. The average molecular weight is 510 g/mol. The second-order valence-corrected chi connectivity index (χ2v) is 9.56. The van der Waals surface area contributed by atoms with Gasteiger partial charge in [0.15, 0.2) is 5.82 Å². The molecule has 0 aliphatic heterocycles. The van der Waals surface area contributed by atoms with Crippen LogP contribution in [0.25, 0.3) is 10.8 Å². The number of aromatic nitrogens is 2. The summed E-state index contributed by atoms with van der Waals surface area (Å²) in [7, 11) is 1.83. The molecule has 0 radical (unpaired) electrons. The quantitative estimate of drug-likeness (QED) is 0.296. The number of halogens is 1. The fraction of sp³-hybridized carbons (Fsp3) is 0.500. The Balaban J connectivity index is 0.000000554. The summed E-state index contributed by atoms with van der Waals surface area (Å²) in [6, 6.07) is 11.8. The molecule has 0 fully saturated rings. The number of hydrogen-bond acceptors (Lipinski definition) is 5. The van der Waals surface area contributed by atoms with E-state index in [1.807, 2.05) is 72.0 Å². The molecule has 0 aliphatic carbocycles. The van der Waals surface area contributed by atoms with Gasteiger partial charge in [0, 0.05) is 17.8 Å². The molecule has 0 unspecified atom stereocenters. The Bertz CT molecular complexity index is 1130. The summed E-state index contributed by atoms with van der Waals surface area (Å²) < 4.78 is 0. The van der Waals surface area contributed by atoms with Crippen molar-refractivity contribution in [3.05, 3.63) is 57.7 Å². The second-order valence-electron chi connectivity index (χ2n) is 9.15. The molecule has 2 N–H and O–H groups in total. The van der Waals surface area contributed by atoms with Crippen LogP contribution in [-0.2, 0) is 0 Å². The lowest BCUT2D eigenvalue weighted by atomic mass is 9.98. The van der Waals surface area contributed by atoms with Gasteiger partial charge < -0.3 is 10.6 Å². The molecule has 0 spiro atoms. The Hall–Kier alpha value is -2.84. The van der Waals surface area contributed by atoms with E-state index < -0.39 is 0 Å². The van der Waals surface area contributed by atoms with E-state index in [4.69, 9.17) is 11.6 Å². The number of rotatable bonds is 8. The largest absolute Gasteiger partial charge is 0.387 e. The third kappa shape index (κ3) is 8.68. The van der Waals surface area contributed by atoms with E-state index in [1.165, 1.54) is 25.7 Å². The summed E-state index contributed by atoms with van der Waals surface area (Å²) in [5, 5.41) is 27.0. The fourth-order valence-electron chi connectivity index (χ4n) is 3.93. The monoisotopic (exact) mass is 509 g/mol. The Morgan fingerprint density at radius 3 is 2.31 bits per heavy atom. The Morgan fingerprint density at radius 2 is 1.72 bits per heavy atom. The summed E-state index contributed by atoms with van der Waals surface area (Å²) in [6.45, 7) is 16.7. The number of nitrogens with one attached hydrogen (secondary N) is 2. The first-order valence-electron chi connectivity index (χ1n) is 13.1. The van der Waals surface area contributed by atoms with E-state index in [0.29, 0.717) is 16.4 Å². The van der Waals surface area contributed by atoms with Crippen molar-refractivity contribution in [1.82, 2.24) is 10.2 Å². The minimum atomic E-state index is -0.0304. The van der Waals surface area contributed by atoms with Crippen molar-refractivity contribution in [2.75, 3.05) is 17.7 Å². The van der Waals surface area contributed by atoms with Crippen LogP contribution in [0, 0.1) is 31.1 Å². The van der Waals surface area contributed by atoms with Gasteiger partial charge in [-0.1, -0.05) is 84.0 Å². The predicted molar refractivity (Wildman–Crippen MR) is 157 cm³/mol. The summed E-state index contributed by atoms with van der Waals surface area (Å²) in [5.74, 6) is 1.59. The lowest BCUT2D eigenvalue weighted by Crippen LogP contribution is -2.11. The van der Waals surface area contributed by atoms with Gasteiger partial charge in [0.05, 0.1) is 34.1 Å². The summed E-state index contributed by atoms with van der Waals surface area (Å²) in [6.07, 6.45) is 5.60. The third-order valence-corrected chi connectivity index (χ3v) is 6.34. The normalized spacial score (nSPS) is 11.1. The van der Waals surface area contributed by atoms with E-state index in [0.717, 1.165) is 39.2 Å². The van der Waals surface area contributed by atoms with Gasteiger partial charge in [-0.15, -0.1) is 5.10 Å². The van der Waals surface area contributed by atoms with Gasteiger partial charge in [-0.05, 0) is 56.0 Å². The van der Waals surface area contributed by atoms with Gasteiger partial charge in [-0.2, -0.15) is 10.4 Å². The van der Waals surface area contributed by atoms with E-state index >= 15 is 0 Å². The standard InChI is InChI=1S/C20H20ClN5.C8H18.C2H6/c1-11-14(10-22)6-5-7-15(11)12(2)24-20-17-9-19(23-4)18(21)8-16(17)13(3)25-26-20;1-4-5-6-7-8(2)3;1-2/h5-9,12,23H,1-4H3,(H,24,26);8H,4-7H2,1-3H3;1-2H3/t12-;;/m1../s1. The lowest BCUT2D eigenvalue weighted by Gasteiger charge is -2.19. The SMILES string of the molecule is CC.CCCCCC(C)C.CNc1cc2c(N[C@H](C)c3cccc(C#N)c3C)nnc(C)c2cc1Cl. The van der Waals surface area contributed by atoms with Gasteiger partial charge in [-0.3, -0.25) is 0 Å². The molecule has 2 aromatic carbocycles. The first-order valence-corrected chi connectivity index (χ1v) is 13.5. The van der Waals surface area contributed by atoms with Crippen molar-refractivity contribution in [3.63, 3.8) is 0 Å². The number of benzene rings is 2. The molecule has 3 aromatic rings. The van der Waals surface area contributed by atoms with Crippen LogP contribution in [0.2, 0.25) is 5.02 Å². The van der Waals surface area contributed by atoms with E-state index in [2.05, 4.69) is 47.7 Å². The van der Waals surface area contributed by atoms with E-state index in [-0.39, 0.29) is 6.04 Å². The van der Waals surface area contributed by atoms with Gasteiger partial charge in [0.1, 0.15) is 0 Å². The van der Waals surface area contributed by atoms with Crippen molar-refractivity contribution >= 4 is 33.9 Å². The van der Waals surface area contributed by atoms with Crippen molar-refractivity contribution in [2.45, 2.75) is 87.1 Å². The second kappa shape index (κ2) is 16.0. The number of anilines is 2. The zero-order valence-corrected chi connectivity index (χ0v) is 24.3. The molecule has 0 bridgehead atoms. The Kier molecular flexibility index (Phi) is 13.9. The Labute approximate surface area is 223 Å². The summed E-state index contributed by atoms with van der Waals surface area (Å²) in [5.41, 5.74) is 4.37. The van der Waals surface area contributed by atoms with Gasteiger partial charge in [0.25, 0.3) is 0 Å². The summed E-state index contributed by atoms with van der Waals surface area (Å²) >= 11 is 6.32. The zero-order chi connectivity index (χ0) is 27.3. The van der Waals surface area contributed by atoms with Crippen molar-refractivity contribution in [3.8, 4) is 6.07 Å². The minimum Gasteiger partial charge on any atom is -0.387 e. The first kappa shape index (κ1) is 31.2. The molecule has 5 nitrogen and oxygen atoms in total. The maximum atomic E-state index is 9.26. The van der Waals surface area contributed by atoms with Crippen LogP contribution in [0.15, 0.2) is 30.3 Å². The third-order valence-electron chi connectivity index (χ3n) is 6.02. The minimum absolute atomic E-state index is 0.0304. The molecule has 3 rings (SSSR count). The van der Waals surface area contributed by atoms with E-state index in [1.54, 1.807) is 0 Å². The van der Waals surface area contributed by atoms with Gasteiger partial charge >= 0.3 is 0 Å². The molecule has 1 atom stereocenters. The van der Waals surface area contributed by atoms with Crippen LogP contribution in [0.4, 0.5) is 11.5 Å². The smallest absolute Gasteiger partial charge is 0.157 e. The lowest BCUT2D eigenvalue weighted by molar-refractivity contribution is 0.534. The zero-order valence-electron chi connectivity index (χ0n) is 23.6. The number of nitriles is 1. The van der Waals surface area contributed by atoms with Crippen molar-refractivity contribution < 1.29 is 0 Å². The van der Waals surface area contributed by atoms with Crippen LogP contribution in [-0.4, -0.2) is 17.2 Å². The van der Waals surface area contributed by atoms with Crippen LogP contribution < -0.4 is 10.6 Å². The number of hydrogen-bond donors (Lipinski definition) is 2. The number of unbranched alkanes of at least 4 members (excludes halogenated alkanes) is 2. The number of nitrogens with zero attached hydrogens (tertiary/aromatic N) is 3. The molecule has 36 heavy (non-hydrogen) atoms. The summed E-state index contributed by atoms with van der Waals surface area (Å²) in [4.78, 5) is 0. The Morgan fingerprint density at radius 1 is 1.03 bits per heavy atom. The molecule has 0 aliphatic rings. The molecule has 6 heteroatoms. The highest BCUT2D eigenvalue weighted by Gasteiger charge is 2.15. The molecule has 1 aromatic heterocycles. The number of fused-ring (bicyclic) bond motifs is 1. The molecular formula is C30H44ClN5. The maximum Gasteiger partial charge on any atom is 0.157 e. The fourth-order valence-corrected chi connectivity index (χ4v) is 4.19. The number of aryl methyl sites for hydroxylation is 1. The molecule has 0 saturated carbocycles. The molecule has 196 valence electrons. The highest BCUT2D eigenvalue weighted by Crippen LogP contribution is 2.33. The highest BCUT2D eigenvalue weighted by molar-refractivity contribution is 6.34.